The Morgan fingerprint density at radius 1 is 1.23 bits per heavy atom. The number of ether oxygens (including phenoxy) is 1. The van der Waals surface area contributed by atoms with Crippen LogP contribution in [0.1, 0.15) is 21.5 Å². The summed E-state index contributed by atoms with van der Waals surface area (Å²) >= 11 is 6.12. The molecule has 10 heteroatoms. The number of nitrogens with one attached hydrogen (secondary N) is 1. The van der Waals surface area contributed by atoms with Crippen molar-refractivity contribution in [3.8, 4) is 5.75 Å². The quantitative estimate of drug-likeness (QED) is 0.544. The molecule has 0 aliphatic carbocycles. The molecule has 1 aromatic heterocycles. The molecule has 0 radical (unpaired) electrons. The van der Waals surface area contributed by atoms with E-state index in [2.05, 4.69) is 10.4 Å². The number of aliphatic hydroxyl groups is 1. The lowest BCUT2D eigenvalue weighted by Gasteiger charge is -2.14. The smallest absolute Gasteiger partial charge is 0.416 e. The van der Waals surface area contributed by atoms with Crippen molar-refractivity contribution in [3.05, 3.63) is 82.6 Å². The number of carbonyl (C=O) groups is 1. The van der Waals surface area contributed by atoms with Crippen molar-refractivity contribution in [3.63, 3.8) is 0 Å². The maximum Gasteiger partial charge on any atom is 0.416 e. The zero-order valence-electron chi connectivity index (χ0n) is 16.1. The molecule has 0 spiro atoms. The first-order chi connectivity index (χ1) is 14.7. The number of benzene rings is 2. The third-order valence-electron chi connectivity index (χ3n) is 4.29. The maximum atomic E-state index is 12.7. The van der Waals surface area contributed by atoms with E-state index in [0.29, 0.717) is 11.6 Å². The molecule has 6 nitrogen and oxygen atoms in total. The number of amides is 1. The summed E-state index contributed by atoms with van der Waals surface area (Å²) in [6, 6.07) is 11.6. The average Bonchev–Trinajstić information content (AvgIpc) is 3.20. The van der Waals surface area contributed by atoms with Gasteiger partial charge in [-0.25, -0.2) is 0 Å². The van der Waals surface area contributed by atoms with Gasteiger partial charge < -0.3 is 15.2 Å². The van der Waals surface area contributed by atoms with Crippen LogP contribution < -0.4 is 10.1 Å². The number of aromatic nitrogens is 2. The van der Waals surface area contributed by atoms with E-state index in [4.69, 9.17) is 16.3 Å². The van der Waals surface area contributed by atoms with Crippen molar-refractivity contribution in [1.82, 2.24) is 15.1 Å². The van der Waals surface area contributed by atoms with Gasteiger partial charge in [0, 0.05) is 17.8 Å². The first-order valence-corrected chi connectivity index (χ1v) is 9.62. The van der Waals surface area contributed by atoms with E-state index in [1.807, 2.05) is 18.2 Å². The van der Waals surface area contributed by atoms with Gasteiger partial charge in [0.05, 0.1) is 23.9 Å². The standard InChI is InChI=1S/C21H19ClF3N3O3/c22-19-7-2-1-4-14(19)11-28-12-15(9-27-28)20(30)26-10-17(29)13-31-18-6-3-5-16(8-18)21(23,24)25/h1-9,12,17,29H,10-11,13H2,(H,26,30). The highest BCUT2D eigenvalue weighted by molar-refractivity contribution is 6.31. The van der Waals surface area contributed by atoms with E-state index >= 15 is 0 Å². The Balaban J connectivity index is 1.47. The molecule has 1 amide bonds. The summed E-state index contributed by atoms with van der Waals surface area (Å²) in [5.74, 6) is -0.482. The molecule has 0 aliphatic heterocycles. The second kappa shape index (κ2) is 9.84. The van der Waals surface area contributed by atoms with Gasteiger partial charge >= 0.3 is 6.18 Å². The Labute approximate surface area is 181 Å². The van der Waals surface area contributed by atoms with Crippen molar-refractivity contribution in [1.29, 1.82) is 0 Å². The minimum atomic E-state index is -4.48. The SMILES string of the molecule is O=C(NCC(O)COc1cccc(C(F)(F)F)c1)c1cnn(Cc2ccccc2Cl)c1. The molecular formula is C21H19ClF3N3O3. The molecule has 164 valence electrons. The molecule has 2 N–H and O–H groups in total. The topological polar surface area (TPSA) is 76.4 Å². The fourth-order valence-corrected chi connectivity index (χ4v) is 2.89. The van der Waals surface area contributed by atoms with Gasteiger partial charge in [-0.15, -0.1) is 0 Å². The van der Waals surface area contributed by atoms with Gasteiger partial charge in [0.2, 0.25) is 0 Å². The summed E-state index contributed by atoms with van der Waals surface area (Å²) in [6.45, 7) is -0.0404. The van der Waals surface area contributed by atoms with Gasteiger partial charge in [-0.1, -0.05) is 35.9 Å². The molecule has 1 heterocycles. The van der Waals surface area contributed by atoms with E-state index in [0.717, 1.165) is 17.7 Å². The first kappa shape index (κ1) is 22.6. The fourth-order valence-electron chi connectivity index (χ4n) is 2.69. The van der Waals surface area contributed by atoms with Crippen LogP contribution in [-0.4, -0.2) is 40.0 Å². The van der Waals surface area contributed by atoms with Crippen LogP contribution in [0.2, 0.25) is 5.02 Å². The molecule has 3 aromatic rings. The van der Waals surface area contributed by atoms with Crippen molar-refractivity contribution in [2.75, 3.05) is 13.2 Å². The second-order valence-corrected chi connectivity index (χ2v) is 7.13. The summed E-state index contributed by atoms with van der Waals surface area (Å²) in [6.07, 6.45) is -2.67. The Kier molecular flexibility index (Phi) is 7.19. The van der Waals surface area contributed by atoms with Gasteiger partial charge in [-0.3, -0.25) is 9.48 Å². The Hall–Kier alpha value is -3.04. The summed E-state index contributed by atoms with van der Waals surface area (Å²) in [7, 11) is 0. The lowest BCUT2D eigenvalue weighted by Crippen LogP contribution is -2.35. The molecule has 1 unspecified atom stereocenters. The number of halogens is 4. The third-order valence-corrected chi connectivity index (χ3v) is 4.66. The van der Waals surface area contributed by atoms with Gasteiger partial charge in [-0.2, -0.15) is 18.3 Å². The van der Waals surface area contributed by atoms with Gasteiger partial charge in [0.15, 0.2) is 0 Å². The van der Waals surface area contributed by atoms with E-state index in [1.165, 1.54) is 18.3 Å². The zero-order valence-corrected chi connectivity index (χ0v) is 16.9. The van der Waals surface area contributed by atoms with Crippen LogP contribution >= 0.6 is 11.6 Å². The predicted octanol–water partition coefficient (Wildman–Crippen LogP) is 3.77. The largest absolute Gasteiger partial charge is 0.491 e. The number of carbonyl (C=O) groups excluding carboxylic acids is 1. The second-order valence-electron chi connectivity index (χ2n) is 6.72. The molecule has 1 atom stereocenters. The van der Waals surface area contributed by atoms with E-state index < -0.39 is 23.8 Å². The number of alkyl halides is 3. The van der Waals surface area contributed by atoms with Crippen LogP contribution in [-0.2, 0) is 12.7 Å². The van der Waals surface area contributed by atoms with Gasteiger partial charge in [0.25, 0.3) is 5.91 Å². The lowest BCUT2D eigenvalue weighted by molar-refractivity contribution is -0.137. The van der Waals surface area contributed by atoms with Crippen LogP contribution in [0, 0.1) is 0 Å². The average molecular weight is 454 g/mol. The molecule has 0 saturated heterocycles. The summed E-state index contributed by atoms with van der Waals surface area (Å²) in [5.41, 5.74) is 0.293. The molecule has 2 aromatic carbocycles. The highest BCUT2D eigenvalue weighted by Gasteiger charge is 2.30. The van der Waals surface area contributed by atoms with Gasteiger partial charge in [0.1, 0.15) is 18.5 Å². The number of hydrogen-bond acceptors (Lipinski definition) is 4. The van der Waals surface area contributed by atoms with E-state index in [-0.39, 0.29) is 24.5 Å². The first-order valence-electron chi connectivity index (χ1n) is 9.24. The van der Waals surface area contributed by atoms with Crippen molar-refractivity contribution < 1.29 is 27.8 Å². The van der Waals surface area contributed by atoms with Crippen LogP contribution in [0.25, 0.3) is 0 Å². The molecule has 0 saturated carbocycles. The van der Waals surface area contributed by atoms with Crippen LogP contribution in [0.4, 0.5) is 13.2 Å². The molecular weight excluding hydrogens is 435 g/mol. The monoisotopic (exact) mass is 453 g/mol. The highest BCUT2D eigenvalue weighted by atomic mass is 35.5. The fraction of sp³-hybridized carbons (Fsp3) is 0.238. The molecule has 0 aliphatic rings. The maximum absolute atomic E-state index is 12.7. The number of nitrogens with zero attached hydrogens (tertiary/aromatic N) is 2. The van der Waals surface area contributed by atoms with Crippen LogP contribution in [0.15, 0.2) is 60.9 Å². The summed E-state index contributed by atoms with van der Waals surface area (Å²) in [5, 5.41) is 17.2. The zero-order chi connectivity index (χ0) is 22.4. The number of hydrogen-bond donors (Lipinski definition) is 2. The minimum absolute atomic E-state index is 0.0268. The van der Waals surface area contributed by atoms with E-state index in [1.54, 1.807) is 16.9 Å². The Morgan fingerprint density at radius 3 is 2.74 bits per heavy atom. The summed E-state index contributed by atoms with van der Waals surface area (Å²) in [4.78, 5) is 12.2. The summed E-state index contributed by atoms with van der Waals surface area (Å²) < 4.78 is 44.9. The molecule has 0 bridgehead atoms. The van der Waals surface area contributed by atoms with Crippen LogP contribution in [0.5, 0.6) is 5.75 Å². The normalized spacial score (nSPS) is 12.4. The molecule has 31 heavy (non-hydrogen) atoms. The van der Waals surface area contributed by atoms with Crippen LogP contribution in [0.3, 0.4) is 0 Å². The lowest BCUT2D eigenvalue weighted by atomic mass is 10.2. The predicted molar refractivity (Wildman–Crippen MR) is 108 cm³/mol. The Morgan fingerprint density at radius 2 is 2.00 bits per heavy atom. The van der Waals surface area contributed by atoms with Crippen molar-refractivity contribution in [2.45, 2.75) is 18.8 Å². The third kappa shape index (κ3) is 6.47. The Bertz CT molecular complexity index is 1040. The minimum Gasteiger partial charge on any atom is -0.491 e. The van der Waals surface area contributed by atoms with E-state index in [9.17, 15) is 23.1 Å². The van der Waals surface area contributed by atoms with Crippen molar-refractivity contribution in [2.24, 2.45) is 0 Å². The number of rotatable bonds is 8. The molecule has 3 rings (SSSR count). The van der Waals surface area contributed by atoms with Crippen molar-refractivity contribution >= 4 is 17.5 Å². The number of aliphatic hydroxyl groups excluding tert-OH is 1. The highest BCUT2D eigenvalue weighted by Crippen LogP contribution is 2.31. The van der Waals surface area contributed by atoms with Gasteiger partial charge in [-0.05, 0) is 29.8 Å². The molecule has 0 fully saturated rings.